The number of benzene rings is 1. The zero-order valence-electron chi connectivity index (χ0n) is 14.4. The first-order valence-electron chi connectivity index (χ1n) is 8.08. The first-order valence-corrected chi connectivity index (χ1v) is 8.08. The number of carboxylic acids is 1. The van der Waals surface area contributed by atoms with Crippen LogP contribution in [0.3, 0.4) is 0 Å². The van der Waals surface area contributed by atoms with Gasteiger partial charge in [-0.25, -0.2) is 9.59 Å². The van der Waals surface area contributed by atoms with Gasteiger partial charge in [-0.2, -0.15) is 0 Å². The molecule has 0 aliphatic carbocycles. The number of hydrogen-bond donors (Lipinski definition) is 3. The summed E-state index contributed by atoms with van der Waals surface area (Å²) in [5.74, 6) is -2.10. The molecule has 8 heteroatoms. The molecule has 136 valence electrons. The molecule has 25 heavy (non-hydrogen) atoms. The number of hydrogen-bond acceptors (Lipinski definition) is 4. The molecule has 1 heterocycles. The van der Waals surface area contributed by atoms with E-state index in [2.05, 4.69) is 10.6 Å². The van der Waals surface area contributed by atoms with Gasteiger partial charge in [0.2, 0.25) is 5.60 Å². The van der Waals surface area contributed by atoms with E-state index in [1.165, 1.54) is 14.0 Å². The first kappa shape index (κ1) is 18.7. The number of carbonyl (C=O) groups excluding carboxylic acids is 2. The highest BCUT2D eigenvalue weighted by molar-refractivity contribution is 6.04. The first-order chi connectivity index (χ1) is 11.9. The molecular weight excluding hydrogens is 326 g/mol. The number of likely N-dealkylation sites (tertiary alicyclic amines) is 1. The normalized spacial score (nSPS) is 16.2. The summed E-state index contributed by atoms with van der Waals surface area (Å²) in [5.41, 5.74) is -0.588. The lowest BCUT2D eigenvalue weighted by Crippen LogP contribution is -2.51. The summed E-state index contributed by atoms with van der Waals surface area (Å²) in [4.78, 5) is 37.1. The molecule has 0 bridgehead atoms. The van der Waals surface area contributed by atoms with Crippen molar-refractivity contribution in [2.75, 3.05) is 25.5 Å². The molecule has 3 amide bonds. The Labute approximate surface area is 146 Å². The van der Waals surface area contributed by atoms with E-state index >= 15 is 0 Å². The van der Waals surface area contributed by atoms with Crippen LogP contribution in [0.25, 0.3) is 0 Å². The van der Waals surface area contributed by atoms with Crippen LogP contribution in [0.4, 0.5) is 10.5 Å². The highest BCUT2D eigenvalue weighted by Crippen LogP contribution is 2.15. The molecule has 3 N–H and O–H groups in total. The Morgan fingerprint density at radius 3 is 2.56 bits per heavy atom. The fraction of sp³-hybridized carbons (Fsp3) is 0.471. The molecule has 0 aromatic heterocycles. The van der Waals surface area contributed by atoms with Gasteiger partial charge in [0.05, 0.1) is 0 Å². The predicted octanol–water partition coefficient (Wildman–Crippen LogP) is 1.42. The molecule has 2 rings (SSSR count). The van der Waals surface area contributed by atoms with Crippen LogP contribution in [-0.4, -0.2) is 53.7 Å². The van der Waals surface area contributed by atoms with Gasteiger partial charge in [0.1, 0.15) is 0 Å². The average molecular weight is 349 g/mol. The van der Waals surface area contributed by atoms with Gasteiger partial charge in [-0.3, -0.25) is 4.79 Å². The summed E-state index contributed by atoms with van der Waals surface area (Å²) in [6, 6.07) is 6.89. The standard InChI is InChI=1S/C17H23N3O5/c1-17(25-2,15(22)23)14(21)18-11-12-6-5-7-13(10-12)19-16(24)20-8-3-4-9-20/h5-7,10H,3-4,8-9,11H2,1-2H3,(H,18,21)(H,19,24)(H,22,23). The van der Waals surface area contributed by atoms with Gasteiger partial charge in [0.25, 0.3) is 5.91 Å². The van der Waals surface area contributed by atoms with Crippen LogP contribution in [0.5, 0.6) is 0 Å². The number of aliphatic carboxylic acids is 1. The van der Waals surface area contributed by atoms with Crippen LogP contribution in [-0.2, 0) is 20.9 Å². The zero-order valence-corrected chi connectivity index (χ0v) is 14.4. The Morgan fingerprint density at radius 1 is 1.28 bits per heavy atom. The minimum atomic E-state index is -1.94. The van der Waals surface area contributed by atoms with Crippen LogP contribution in [0.2, 0.25) is 0 Å². The number of rotatable bonds is 6. The van der Waals surface area contributed by atoms with Crippen molar-refractivity contribution in [3.8, 4) is 0 Å². The van der Waals surface area contributed by atoms with E-state index in [0.717, 1.165) is 31.5 Å². The summed E-state index contributed by atoms with van der Waals surface area (Å²) in [6.45, 7) is 2.83. The second kappa shape index (κ2) is 7.98. The Bertz CT molecular complexity index is 657. The van der Waals surface area contributed by atoms with Crippen LogP contribution in [0.1, 0.15) is 25.3 Å². The summed E-state index contributed by atoms with van der Waals surface area (Å²) in [7, 11) is 1.17. The van der Waals surface area contributed by atoms with Crippen molar-refractivity contribution in [1.29, 1.82) is 0 Å². The zero-order chi connectivity index (χ0) is 18.4. The van der Waals surface area contributed by atoms with Crippen molar-refractivity contribution in [1.82, 2.24) is 10.2 Å². The van der Waals surface area contributed by atoms with Gasteiger partial charge < -0.3 is 25.4 Å². The maximum absolute atomic E-state index is 12.1. The van der Waals surface area contributed by atoms with Crippen molar-refractivity contribution >= 4 is 23.6 Å². The molecule has 0 saturated carbocycles. The summed E-state index contributed by atoms with van der Waals surface area (Å²) >= 11 is 0. The van der Waals surface area contributed by atoms with Crippen molar-refractivity contribution in [2.45, 2.75) is 31.9 Å². The van der Waals surface area contributed by atoms with Gasteiger partial charge in [-0.1, -0.05) is 12.1 Å². The molecule has 1 aromatic rings. The third-order valence-corrected chi connectivity index (χ3v) is 4.27. The fourth-order valence-electron chi connectivity index (χ4n) is 2.51. The van der Waals surface area contributed by atoms with Gasteiger partial charge in [0, 0.05) is 32.4 Å². The highest BCUT2D eigenvalue weighted by Gasteiger charge is 2.41. The van der Waals surface area contributed by atoms with E-state index in [0.29, 0.717) is 5.69 Å². The van der Waals surface area contributed by atoms with E-state index in [9.17, 15) is 14.4 Å². The molecule has 1 atom stereocenters. The number of amides is 3. The number of anilines is 1. The molecule has 1 fully saturated rings. The molecule has 1 saturated heterocycles. The Hall–Kier alpha value is -2.61. The highest BCUT2D eigenvalue weighted by atomic mass is 16.5. The lowest BCUT2D eigenvalue weighted by molar-refractivity contribution is -0.167. The maximum atomic E-state index is 12.1. The van der Waals surface area contributed by atoms with E-state index in [-0.39, 0.29) is 12.6 Å². The van der Waals surface area contributed by atoms with Gasteiger partial charge in [-0.05, 0) is 37.5 Å². The average Bonchev–Trinajstić information content (AvgIpc) is 3.13. The van der Waals surface area contributed by atoms with Crippen molar-refractivity contribution < 1.29 is 24.2 Å². The van der Waals surface area contributed by atoms with Crippen molar-refractivity contribution in [3.63, 3.8) is 0 Å². The molecule has 1 aromatic carbocycles. The molecule has 8 nitrogen and oxygen atoms in total. The molecule has 0 spiro atoms. The third kappa shape index (κ3) is 4.48. The topological polar surface area (TPSA) is 108 Å². The van der Waals surface area contributed by atoms with Crippen LogP contribution in [0, 0.1) is 0 Å². The summed E-state index contributed by atoms with van der Waals surface area (Å²) in [5, 5.41) is 14.5. The predicted molar refractivity (Wildman–Crippen MR) is 91.2 cm³/mol. The maximum Gasteiger partial charge on any atom is 0.345 e. The number of nitrogens with one attached hydrogen (secondary N) is 2. The fourth-order valence-corrected chi connectivity index (χ4v) is 2.51. The molecule has 1 aliphatic rings. The Kier molecular flexibility index (Phi) is 5.97. The van der Waals surface area contributed by atoms with Crippen molar-refractivity contribution in [2.24, 2.45) is 0 Å². The second-order valence-electron chi connectivity index (χ2n) is 6.05. The molecule has 0 radical (unpaired) electrons. The summed E-state index contributed by atoms with van der Waals surface area (Å²) in [6.07, 6.45) is 2.03. The van der Waals surface area contributed by atoms with Crippen LogP contribution in [0.15, 0.2) is 24.3 Å². The van der Waals surface area contributed by atoms with Gasteiger partial charge in [0.15, 0.2) is 0 Å². The lowest BCUT2D eigenvalue weighted by Gasteiger charge is -2.22. The monoisotopic (exact) mass is 349 g/mol. The van der Waals surface area contributed by atoms with E-state index in [1.54, 1.807) is 29.2 Å². The number of carbonyl (C=O) groups is 3. The molecule has 1 unspecified atom stereocenters. The molecular formula is C17H23N3O5. The van der Waals surface area contributed by atoms with Gasteiger partial charge >= 0.3 is 12.0 Å². The van der Waals surface area contributed by atoms with E-state index in [4.69, 9.17) is 9.84 Å². The van der Waals surface area contributed by atoms with E-state index in [1.807, 2.05) is 0 Å². The largest absolute Gasteiger partial charge is 0.479 e. The molecule has 1 aliphatic heterocycles. The number of urea groups is 1. The number of carboxylic acid groups (broad SMARTS) is 1. The third-order valence-electron chi connectivity index (χ3n) is 4.27. The van der Waals surface area contributed by atoms with Crippen LogP contribution >= 0.6 is 0 Å². The smallest absolute Gasteiger partial charge is 0.345 e. The minimum absolute atomic E-state index is 0.124. The summed E-state index contributed by atoms with van der Waals surface area (Å²) < 4.78 is 4.81. The van der Waals surface area contributed by atoms with Crippen molar-refractivity contribution in [3.05, 3.63) is 29.8 Å². The lowest BCUT2D eigenvalue weighted by atomic mass is 10.1. The second-order valence-corrected chi connectivity index (χ2v) is 6.05. The Morgan fingerprint density at radius 2 is 1.96 bits per heavy atom. The number of methoxy groups -OCH3 is 1. The number of ether oxygens (including phenoxy) is 1. The van der Waals surface area contributed by atoms with E-state index < -0.39 is 17.5 Å². The SMILES string of the molecule is COC(C)(C(=O)O)C(=O)NCc1cccc(NC(=O)N2CCCC2)c1. The number of nitrogens with zero attached hydrogens (tertiary/aromatic N) is 1. The van der Waals surface area contributed by atoms with Crippen LogP contribution < -0.4 is 10.6 Å². The van der Waals surface area contributed by atoms with Gasteiger partial charge in [-0.15, -0.1) is 0 Å². The Balaban J connectivity index is 1.96. The quantitative estimate of drug-likeness (QED) is 0.673. The minimum Gasteiger partial charge on any atom is -0.479 e.